The molecule has 0 amide bonds. The van der Waals surface area contributed by atoms with Crippen molar-refractivity contribution in [2.24, 2.45) is 0 Å². The highest BCUT2D eigenvalue weighted by atomic mass is 16.5. The van der Waals surface area contributed by atoms with Gasteiger partial charge in [0.2, 0.25) is 0 Å². The van der Waals surface area contributed by atoms with Crippen molar-refractivity contribution in [3.8, 4) is 17.0 Å². The summed E-state index contributed by atoms with van der Waals surface area (Å²) in [6, 6.07) is 14.4. The molecule has 6 nitrogen and oxygen atoms in total. The van der Waals surface area contributed by atoms with Crippen LogP contribution in [0.25, 0.3) is 11.3 Å². The zero-order chi connectivity index (χ0) is 23.8. The van der Waals surface area contributed by atoms with E-state index in [-0.39, 0.29) is 6.61 Å². The summed E-state index contributed by atoms with van der Waals surface area (Å²) in [7, 11) is 0. The second kappa shape index (κ2) is 11.5. The molecule has 6 heteroatoms. The van der Waals surface area contributed by atoms with Gasteiger partial charge in [0.1, 0.15) is 17.9 Å². The molecule has 0 unspecified atom stereocenters. The maximum Gasteiger partial charge on any atom is 0.341 e. The number of carboxylic acids is 1. The fraction of sp³-hybridized carbons (Fsp3) is 0.370. The first kappa shape index (κ1) is 24.2. The minimum absolute atomic E-state index is 0.336. The first-order chi connectivity index (χ1) is 15.9. The monoisotopic (exact) mass is 447 g/mol. The Morgan fingerprint density at radius 3 is 2.48 bits per heavy atom. The van der Waals surface area contributed by atoms with E-state index in [0.29, 0.717) is 12.3 Å². The van der Waals surface area contributed by atoms with Crippen molar-refractivity contribution in [3.05, 3.63) is 71.0 Å². The van der Waals surface area contributed by atoms with Crippen LogP contribution in [0.3, 0.4) is 0 Å². The van der Waals surface area contributed by atoms with Gasteiger partial charge in [0.25, 0.3) is 0 Å². The first-order valence-electron chi connectivity index (χ1n) is 11.5. The fourth-order valence-corrected chi connectivity index (χ4v) is 3.88. The minimum atomic E-state index is -0.976. The van der Waals surface area contributed by atoms with E-state index < -0.39 is 5.97 Å². The van der Waals surface area contributed by atoms with Crippen LogP contribution in [0.4, 0.5) is 5.82 Å². The van der Waals surface area contributed by atoms with Gasteiger partial charge in [0.15, 0.2) is 6.61 Å². The fourth-order valence-electron chi connectivity index (χ4n) is 3.88. The summed E-state index contributed by atoms with van der Waals surface area (Å²) < 4.78 is 5.46. The largest absolute Gasteiger partial charge is 0.482 e. The van der Waals surface area contributed by atoms with Crippen LogP contribution >= 0.6 is 0 Å². The standard InChI is InChI=1S/C27H33N3O3/c1-5-7-14-30(16-21-10-13-24(22(6-2)15-21)33-17-25(31)32)27-20(4)26(28-18-29-27)23-11-8-19(3)9-12-23/h8-13,15,18H,5-7,14,16-17H2,1-4H3,(H,31,32). The number of aliphatic carboxylic acids is 1. The van der Waals surface area contributed by atoms with Gasteiger partial charge in [-0.25, -0.2) is 14.8 Å². The van der Waals surface area contributed by atoms with Crippen molar-refractivity contribution in [3.63, 3.8) is 0 Å². The molecule has 0 saturated carbocycles. The smallest absolute Gasteiger partial charge is 0.341 e. The van der Waals surface area contributed by atoms with Crippen LogP contribution in [0.15, 0.2) is 48.8 Å². The van der Waals surface area contributed by atoms with Gasteiger partial charge in [-0.2, -0.15) is 0 Å². The van der Waals surface area contributed by atoms with Gasteiger partial charge in [0.05, 0.1) is 5.69 Å². The summed E-state index contributed by atoms with van der Waals surface area (Å²) >= 11 is 0. The zero-order valence-electron chi connectivity index (χ0n) is 20.0. The Hall–Kier alpha value is -3.41. The number of aryl methyl sites for hydroxylation is 2. The minimum Gasteiger partial charge on any atom is -0.482 e. The number of ether oxygens (including phenoxy) is 1. The summed E-state index contributed by atoms with van der Waals surface area (Å²) in [6.45, 7) is 9.66. The third kappa shape index (κ3) is 6.31. The van der Waals surface area contributed by atoms with E-state index in [0.717, 1.165) is 59.6 Å². The predicted molar refractivity (Wildman–Crippen MR) is 132 cm³/mol. The Bertz CT molecular complexity index is 1080. The van der Waals surface area contributed by atoms with E-state index >= 15 is 0 Å². The highest BCUT2D eigenvalue weighted by Gasteiger charge is 2.16. The van der Waals surface area contributed by atoms with E-state index in [4.69, 9.17) is 9.84 Å². The molecule has 0 radical (unpaired) electrons. The first-order valence-corrected chi connectivity index (χ1v) is 11.5. The molecule has 0 aliphatic heterocycles. The zero-order valence-corrected chi connectivity index (χ0v) is 20.0. The number of anilines is 1. The Morgan fingerprint density at radius 1 is 1.06 bits per heavy atom. The predicted octanol–water partition coefficient (Wildman–Crippen LogP) is 5.59. The van der Waals surface area contributed by atoms with Gasteiger partial charge in [-0.3, -0.25) is 0 Å². The summed E-state index contributed by atoms with van der Waals surface area (Å²) in [4.78, 5) is 22.4. The Morgan fingerprint density at radius 2 is 1.82 bits per heavy atom. The van der Waals surface area contributed by atoms with Crippen LogP contribution in [0.1, 0.15) is 48.9 Å². The topological polar surface area (TPSA) is 75.5 Å². The molecule has 3 aromatic rings. The van der Waals surface area contributed by atoms with Crippen molar-refractivity contribution < 1.29 is 14.6 Å². The number of unbranched alkanes of at least 4 members (excludes halogenated alkanes) is 1. The molecule has 33 heavy (non-hydrogen) atoms. The Balaban J connectivity index is 1.91. The number of benzene rings is 2. The maximum atomic E-state index is 10.9. The lowest BCUT2D eigenvalue weighted by atomic mass is 10.0. The van der Waals surface area contributed by atoms with Gasteiger partial charge >= 0.3 is 5.97 Å². The average Bonchev–Trinajstić information content (AvgIpc) is 2.81. The number of hydrogen-bond acceptors (Lipinski definition) is 5. The molecule has 1 N–H and O–H groups in total. The number of hydrogen-bond donors (Lipinski definition) is 1. The molecule has 0 aliphatic carbocycles. The third-order valence-corrected chi connectivity index (χ3v) is 5.69. The highest BCUT2D eigenvalue weighted by molar-refractivity contribution is 5.69. The molecule has 174 valence electrons. The number of carbonyl (C=O) groups is 1. The molecule has 0 bridgehead atoms. The van der Waals surface area contributed by atoms with Gasteiger partial charge in [-0.1, -0.05) is 62.2 Å². The molecule has 0 spiro atoms. The van der Waals surface area contributed by atoms with Crippen molar-refractivity contribution >= 4 is 11.8 Å². The molecule has 1 aromatic heterocycles. The number of aromatic nitrogens is 2. The van der Waals surface area contributed by atoms with Crippen LogP contribution in [0.5, 0.6) is 5.75 Å². The molecule has 2 aromatic carbocycles. The molecule has 0 atom stereocenters. The van der Waals surface area contributed by atoms with Crippen molar-refractivity contribution in [1.29, 1.82) is 0 Å². The highest BCUT2D eigenvalue weighted by Crippen LogP contribution is 2.29. The molecule has 0 aliphatic rings. The van der Waals surface area contributed by atoms with Crippen molar-refractivity contribution in [2.75, 3.05) is 18.1 Å². The molecule has 3 rings (SSSR count). The van der Waals surface area contributed by atoms with E-state index in [2.05, 4.69) is 66.0 Å². The molecular weight excluding hydrogens is 414 g/mol. The van der Waals surface area contributed by atoms with Crippen LogP contribution in [-0.2, 0) is 17.8 Å². The Labute approximate surface area is 196 Å². The maximum absolute atomic E-state index is 10.9. The van der Waals surface area contributed by atoms with Gasteiger partial charge < -0.3 is 14.7 Å². The molecule has 0 saturated heterocycles. The second-order valence-electron chi connectivity index (χ2n) is 8.29. The second-order valence-corrected chi connectivity index (χ2v) is 8.29. The van der Waals surface area contributed by atoms with E-state index in [9.17, 15) is 4.79 Å². The van der Waals surface area contributed by atoms with E-state index in [1.165, 1.54) is 5.56 Å². The number of carboxylic acid groups (broad SMARTS) is 1. The van der Waals surface area contributed by atoms with Crippen LogP contribution < -0.4 is 9.64 Å². The van der Waals surface area contributed by atoms with Gasteiger partial charge in [-0.15, -0.1) is 0 Å². The van der Waals surface area contributed by atoms with Gasteiger partial charge in [-0.05, 0) is 43.9 Å². The lowest BCUT2D eigenvalue weighted by Crippen LogP contribution is -2.26. The lowest BCUT2D eigenvalue weighted by molar-refractivity contribution is -0.139. The summed E-state index contributed by atoms with van der Waals surface area (Å²) in [5, 5.41) is 8.92. The van der Waals surface area contributed by atoms with Crippen molar-refractivity contribution in [2.45, 2.75) is 53.5 Å². The summed E-state index contributed by atoms with van der Waals surface area (Å²) in [5.74, 6) is 0.595. The summed E-state index contributed by atoms with van der Waals surface area (Å²) in [6.07, 6.45) is 4.57. The number of nitrogens with zero attached hydrogens (tertiary/aromatic N) is 3. The molecular formula is C27H33N3O3. The SMILES string of the molecule is CCCCN(Cc1ccc(OCC(=O)O)c(CC)c1)c1ncnc(-c2ccc(C)cc2)c1C. The van der Waals surface area contributed by atoms with Crippen LogP contribution in [-0.4, -0.2) is 34.2 Å². The normalized spacial score (nSPS) is 10.8. The summed E-state index contributed by atoms with van der Waals surface area (Å²) in [5.41, 5.74) is 6.47. The Kier molecular flexibility index (Phi) is 8.41. The van der Waals surface area contributed by atoms with Crippen LogP contribution in [0, 0.1) is 13.8 Å². The number of rotatable bonds is 11. The van der Waals surface area contributed by atoms with E-state index in [1.54, 1.807) is 6.33 Å². The van der Waals surface area contributed by atoms with Crippen LogP contribution in [0.2, 0.25) is 0 Å². The quantitative estimate of drug-likeness (QED) is 0.413. The van der Waals surface area contributed by atoms with Crippen molar-refractivity contribution in [1.82, 2.24) is 9.97 Å². The van der Waals surface area contributed by atoms with E-state index in [1.807, 2.05) is 19.1 Å². The van der Waals surface area contributed by atoms with Gasteiger partial charge in [0, 0.05) is 24.2 Å². The third-order valence-electron chi connectivity index (χ3n) is 5.69. The lowest BCUT2D eigenvalue weighted by Gasteiger charge is -2.26. The average molecular weight is 448 g/mol. The molecule has 1 heterocycles. The molecule has 0 fully saturated rings.